The fraction of sp³-hybridized carbons (Fsp3) is 0.391. The summed E-state index contributed by atoms with van der Waals surface area (Å²) in [5, 5.41) is 7.65. The number of rotatable bonds is 5. The molecule has 0 aliphatic heterocycles. The standard InChI is InChI=1S/C18H17BrClN3O2.C5H10/c1-10(2)24-16-7-4-11(8-15(16)20)17-22-18(25-23-17)13-6-5-12(21-3)9-14(13)19;1-2-4-5-3-1/h4-10,21H,1-3H3;1-5H2. The van der Waals surface area contributed by atoms with Crippen LogP contribution in [0.1, 0.15) is 46.0 Å². The van der Waals surface area contributed by atoms with E-state index in [2.05, 4.69) is 31.4 Å². The summed E-state index contributed by atoms with van der Waals surface area (Å²) in [5.74, 6) is 1.54. The Hall–Kier alpha value is -2.05. The number of ether oxygens (including phenoxy) is 1. The van der Waals surface area contributed by atoms with Crippen LogP contribution in [0.25, 0.3) is 22.8 Å². The Morgan fingerprint density at radius 1 is 1.07 bits per heavy atom. The fourth-order valence-corrected chi connectivity index (χ4v) is 3.94. The third-order valence-electron chi connectivity index (χ3n) is 4.72. The molecule has 7 heteroatoms. The van der Waals surface area contributed by atoms with E-state index < -0.39 is 0 Å². The Morgan fingerprint density at radius 3 is 2.33 bits per heavy atom. The van der Waals surface area contributed by atoms with Crippen LogP contribution in [0, 0.1) is 0 Å². The van der Waals surface area contributed by atoms with Gasteiger partial charge in [0, 0.05) is 22.8 Å². The first-order chi connectivity index (χ1) is 14.5. The van der Waals surface area contributed by atoms with Gasteiger partial charge < -0.3 is 14.6 Å². The van der Waals surface area contributed by atoms with Crippen LogP contribution in [-0.4, -0.2) is 23.3 Å². The normalized spacial score (nSPS) is 13.1. The molecule has 160 valence electrons. The van der Waals surface area contributed by atoms with E-state index in [0.29, 0.717) is 22.5 Å². The third kappa shape index (κ3) is 5.99. The van der Waals surface area contributed by atoms with Crippen LogP contribution in [0.2, 0.25) is 5.02 Å². The first-order valence-electron chi connectivity index (χ1n) is 10.3. The highest BCUT2D eigenvalue weighted by Gasteiger charge is 2.15. The van der Waals surface area contributed by atoms with Crippen molar-refractivity contribution >= 4 is 33.2 Å². The highest BCUT2D eigenvalue weighted by atomic mass is 79.9. The van der Waals surface area contributed by atoms with Crippen molar-refractivity contribution in [2.24, 2.45) is 0 Å². The first-order valence-corrected chi connectivity index (χ1v) is 11.4. The summed E-state index contributed by atoms with van der Waals surface area (Å²) in [7, 11) is 1.86. The number of nitrogens with one attached hydrogen (secondary N) is 1. The summed E-state index contributed by atoms with van der Waals surface area (Å²) < 4.78 is 11.9. The molecule has 0 atom stereocenters. The van der Waals surface area contributed by atoms with E-state index in [4.69, 9.17) is 20.9 Å². The van der Waals surface area contributed by atoms with Crippen molar-refractivity contribution in [2.45, 2.75) is 52.1 Å². The Morgan fingerprint density at radius 2 is 1.77 bits per heavy atom. The monoisotopic (exact) mass is 491 g/mol. The van der Waals surface area contributed by atoms with Crippen molar-refractivity contribution in [1.29, 1.82) is 0 Å². The minimum atomic E-state index is 0.0538. The maximum atomic E-state index is 6.28. The molecule has 0 amide bonds. The second-order valence-electron chi connectivity index (χ2n) is 7.45. The zero-order valence-corrected chi connectivity index (χ0v) is 19.9. The van der Waals surface area contributed by atoms with Gasteiger partial charge in [0.2, 0.25) is 5.82 Å². The van der Waals surface area contributed by atoms with E-state index >= 15 is 0 Å². The van der Waals surface area contributed by atoms with E-state index in [9.17, 15) is 0 Å². The Balaban J connectivity index is 0.000000448. The number of halogens is 2. The molecule has 1 aliphatic carbocycles. The molecule has 0 saturated heterocycles. The van der Waals surface area contributed by atoms with Crippen molar-refractivity contribution in [2.75, 3.05) is 12.4 Å². The maximum absolute atomic E-state index is 6.28. The van der Waals surface area contributed by atoms with Crippen molar-refractivity contribution < 1.29 is 9.26 Å². The lowest BCUT2D eigenvalue weighted by Crippen LogP contribution is -2.05. The zero-order valence-electron chi connectivity index (χ0n) is 17.5. The molecule has 1 fully saturated rings. The molecule has 0 radical (unpaired) electrons. The second-order valence-corrected chi connectivity index (χ2v) is 8.71. The summed E-state index contributed by atoms with van der Waals surface area (Å²) in [6.45, 7) is 3.90. The van der Waals surface area contributed by atoms with Gasteiger partial charge in [-0.1, -0.05) is 48.9 Å². The molecule has 3 aromatic rings. The molecular formula is C23H27BrClN3O2. The summed E-state index contributed by atoms with van der Waals surface area (Å²) in [5.41, 5.74) is 2.57. The first kappa shape index (κ1) is 22.6. The summed E-state index contributed by atoms with van der Waals surface area (Å²) >= 11 is 9.81. The lowest BCUT2D eigenvalue weighted by molar-refractivity contribution is 0.242. The van der Waals surface area contributed by atoms with Gasteiger partial charge in [0.15, 0.2) is 0 Å². The van der Waals surface area contributed by atoms with Gasteiger partial charge in [-0.05, 0) is 66.2 Å². The second kappa shape index (κ2) is 10.8. The van der Waals surface area contributed by atoms with Crippen molar-refractivity contribution in [3.8, 4) is 28.6 Å². The highest BCUT2D eigenvalue weighted by Crippen LogP contribution is 2.33. The van der Waals surface area contributed by atoms with Crippen LogP contribution >= 0.6 is 27.5 Å². The molecule has 1 aromatic heterocycles. The Kier molecular flexibility index (Phi) is 8.16. The van der Waals surface area contributed by atoms with Crippen LogP contribution in [0.5, 0.6) is 5.75 Å². The van der Waals surface area contributed by atoms with Crippen LogP contribution in [0.15, 0.2) is 45.4 Å². The van der Waals surface area contributed by atoms with Crippen LogP contribution in [0.3, 0.4) is 0 Å². The van der Waals surface area contributed by atoms with Gasteiger partial charge >= 0.3 is 0 Å². The molecule has 4 rings (SSSR count). The minimum absolute atomic E-state index is 0.0538. The lowest BCUT2D eigenvalue weighted by Gasteiger charge is -2.11. The van der Waals surface area contributed by atoms with Gasteiger partial charge in [-0.25, -0.2) is 0 Å². The maximum Gasteiger partial charge on any atom is 0.259 e. The molecule has 0 unspecified atom stereocenters. The number of hydrogen-bond donors (Lipinski definition) is 1. The van der Waals surface area contributed by atoms with Crippen LogP contribution in [-0.2, 0) is 0 Å². The molecule has 30 heavy (non-hydrogen) atoms. The van der Waals surface area contributed by atoms with Gasteiger partial charge in [0.25, 0.3) is 5.89 Å². The van der Waals surface area contributed by atoms with Crippen LogP contribution < -0.4 is 10.1 Å². The summed E-state index contributed by atoms with van der Waals surface area (Å²) in [6.07, 6.45) is 7.55. The number of aromatic nitrogens is 2. The number of hydrogen-bond acceptors (Lipinski definition) is 5. The SMILES string of the molecule is C1CCCC1.CNc1ccc(-c2nc(-c3ccc(OC(C)C)c(Cl)c3)no2)c(Br)c1. The molecule has 0 spiro atoms. The van der Waals surface area contributed by atoms with Gasteiger partial charge in [-0.15, -0.1) is 0 Å². The van der Waals surface area contributed by atoms with Gasteiger partial charge in [0.05, 0.1) is 16.7 Å². The summed E-state index contributed by atoms with van der Waals surface area (Å²) in [4.78, 5) is 4.47. The average Bonchev–Trinajstić information content (AvgIpc) is 3.44. The smallest absolute Gasteiger partial charge is 0.259 e. The topological polar surface area (TPSA) is 60.2 Å². The predicted molar refractivity (Wildman–Crippen MR) is 126 cm³/mol. The fourth-order valence-electron chi connectivity index (χ4n) is 3.17. The Labute approximate surface area is 191 Å². The number of nitrogens with zero attached hydrogens (tertiary/aromatic N) is 2. The van der Waals surface area contributed by atoms with E-state index in [1.54, 1.807) is 6.07 Å². The molecule has 1 aliphatic rings. The van der Waals surface area contributed by atoms with Crippen molar-refractivity contribution in [1.82, 2.24) is 10.1 Å². The lowest BCUT2D eigenvalue weighted by atomic mass is 10.2. The van der Waals surface area contributed by atoms with Gasteiger partial charge in [-0.3, -0.25) is 0 Å². The van der Waals surface area contributed by atoms with Crippen LogP contribution in [0.4, 0.5) is 5.69 Å². The molecule has 0 bridgehead atoms. The number of benzene rings is 2. The molecule has 5 nitrogen and oxygen atoms in total. The van der Waals surface area contributed by atoms with E-state index in [1.807, 2.05) is 51.2 Å². The largest absolute Gasteiger partial charge is 0.489 e. The molecule has 1 heterocycles. The third-order valence-corrected chi connectivity index (χ3v) is 5.67. The van der Waals surface area contributed by atoms with E-state index in [1.165, 1.54) is 32.1 Å². The molecular weight excluding hydrogens is 466 g/mol. The molecule has 1 saturated carbocycles. The van der Waals surface area contributed by atoms with E-state index in [0.717, 1.165) is 21.3 Å². The van der Waals surface area contributed by atoms with E-state index in [-0.39, 0.29) is 6.10 Å². The Bertz CT molecular complexity index is 963. The van der Waals surface area contributed by atoms with Crippen molar-refractivity contribution in [3.63, 3.8) is 0 Å². The quantitative estimate of drug-likeness (QED) is 0.397. The predicted octanol–water partition coefficient (Wildman–Crippen LogP) is 7.60. The molecule has 2 aromatic carbocycles. The zero-order chi connectivity index (χ0) is 21.5. The van der Waals surface area contributed by atoms with Gasteiger partial charge in [-0.2, -0.15) is 4.98 Å². The van der Waals surface area contributed by atoms with Crippen molar-refractivity contribution in [3.05, 3.63) is 45.9 Å². The summed E-state index contributed by atoms with van der Waals surface area (Å²) in [6, 6.07) is 11.3. The highest BCUT2D eigenvalue weighted by molar-refractivity contribution is 9.10. The van der Waals surface area contributed by atoms with Gasteiger partial charge in [0.1, 0.15) is 5.75 Å². The minimum Gasteiger partial charge on any atom is -0.489 e. The average molecular weight is 493 g/mol. The number of anilines is 1. The molecule has 1 N–H and O–H groups in total.